The summed E-state index contributed by atoms with van der Waals surface area (Å²) < 4.78 is 5.61. The molecule has 2 rings (SSSR count). The van der Waals surface area contributed by atoms with Gasteiger partial charge in [-0.2, -0.15) is 0 Å². The maximum absolute atomic E-state index is 10.0. The average Bonchev–Trinajstić information content (AvgIpc) is 2.41. The van der Waals surface area contributed by atoms with Crippen LogP contribution in [-0.2, 0) is 0 Å². The van der Waals surface area contributed by atoms with Crippen molar-refractivity contribution in [1.82, 2.24) is 4.90 Å². The fourth-order valence-electron chi connectivity index (χ4n) is 2.42. The maximum atomic E-state index is 10.0. The van der Waals surface area contributed by atoms with Crippen LogP contribution >= 0.6 is 0 Å². The zero-order valence-corrected chi connectivity index (χ0v) is 12.0. The van der Waals surface area contributed by atoms with Gasteiger partial charge in [-0.1, -0.05) is 24.6 Å². The second-order valence-corrected chi connectivity index (χ2v) is 5.76. The zero-order valence-electron chi connectivity index (χ0n) is 12.0. The van der Waals surface area contributed by atoms with E-state index in [4.69, 9.17) is 4.74 Å². The quantitative estimate of drug-likeness (QED) is 0.886. The highest BCUT2D eigenvalue weighted by Crippen LogP contribution is 2.16. The first-order chi connectivity index (χ1) is 9.13. The monoisotopic (exact) mass is 263 g/mol. The van der Waals surface area contributed by atoms with Crippen LogP contribution in [-0.4, -0.2) is 42.4 Å². The first-order valence-corrected chi connectivity index (χ1v) is 7.23. The van der Waals surface area contributed by atoms with Crippen LogP contribution in [0.25, 0.3) is 0 Å². The molecule has 1 aromatic rings. The highest BCUT2D eigenvalue weighted by Gasteiger charge is 2.18. The van der Waals surface area contributed by atoms with Gasteiger partial charge in [0.25, 0.3) is 0 Å². The van der Waals surface area contributed by atoms with E-state index in [1.54, 1.807) is 0 Å². The van der Waals surface area contributed by atoms with Crippen molar-refractivity contribution < 1.29 is 9.84 Å². The molecule has 1 fully saturated rings. The molecule has 1 saturated heterocycles. The van der Waals surface area contributed by atoms with E-state index in [1.165, 1.54) is 18.4 Å². The van der Waals surface area contributed by atoms with Gasteiger partial charge in [-0.3, -0.25) is 0 Å². The summed E-state index contributed by atoms with van der Waals surface area (Å²) in [7, 11) is 0. The van der Waals surface area contributed by atoms with Crippen molar-refractivity contribution in [2.45, 2.75) is 32.8 Å². The average molecular weight is 263 g/mol. The van der Waals surface area contributed by atoms with Gasteiger partial charge in [0.1, 0.15) is 18.5 Å². The highest BCUT2D eigenvalue weighted by molar-refractivity contribution is 5.26. The number of hydrogen-bond donors (Lipinski definition) is 1. The molecular formula is C16H25NO2. The van der Waals surface area contributed by atoms with Crippen LogP contribution in [0.3, 0.4) is 0 Å². The largest absolute Gasteiger partial charge is 0.491 e. The summed E-state index contributed by atoms with van der Waals surface area (Å²) in [5, 5.41) is 10.0. The molecule has 0 radical (unpaired) electrons. The Kier molecular flexibility index (Phi) is 5.23. The third kappa shape index (κ3) is 4.84. The number of hydrogen-bond acceptors (Lipinski definition) is 3. The van der Waals surface area contributed by atoms with Crippen LogP contribution in [0.1, 0.15) is 25.3 Å². The number of aryl methyl sites for hydroxylation is 1. The Hall–Kier alpha value is -1.06. The molecule has 0 unspecified atom stereocenters. The minimum absolute atomic E-state index is 0.370. The smallest absolute Gasteiger partial charge is 0.119 e. The number of rotatable bonds is 5. The summed E-state index contributed by atoms with van der Waals surface area (Å²) >= 11 is 0. The molecular weight excluding hydrogens is 238 g/mol. The van der Waals surface area contributed by atoms with Crippen molar-refractivity contribution in [2.24, 2.45) is 5.92 Å². The van der Waals surface area contributed by atoms with Crippen molar-refractivity contribution in [3.05, 3.63) is 29.8 Å². The van der Waals surface area contributed by atoms with Crippen LogP contribution in [0.5, 0.6) is 5.75 Å². The number of benzene rings is 1. The molecule has 1 heterocycles. The summed E-state index contributed by atoms with van der Waals surface area (Å²) in [6.45, 7) is 7.64. The summed E-state index contributed by atoms with van der Waals surface area (Å²) in [5.74, 6) is 1.66. The fourth-order valence-corrected chi connectivity index (χ4v) is 2.42. The number of likely N-dealkylation sites (tertiary alicyclic amines) is 1. The van der Waals surface area contributed by atoms with Gasteiger partial charge in [0.05, 0.1) is 0 Å². The van der Waals surface area contributed by atoms with Crippen LogP contribution in [0.2, 0.25) is 0 Å². The highest BCUT2D eigenvalue weighted by atomic mass is 16.5. The second kappa shape index (κ2) is 6.92. The molecule has 19 heavy (non-hydrogen) atoms. The minimum atomic E-state index is -0.408. The fraction of sp³-hybridized carbons (Fsp3) is 0.625. The third-order valence-corrected chi connectivity index (χ3v) is 3.81. The summed E-state index contributed by atoms with van der Waals surface area (Å²) in [6, 6.07) is 7.94. The van der Waals surface area contributed by atoms with Crippen LogP contribution in [0.15, 0.2) is 24.3 Å². The van der Waals surface area contributed by atoms with Gasteiger partial charge in [-0.15, -0.1) is 0 Å². The SMILES string of the molecule is Cc1ccc(OC[C@@H](O)CN2CCC(C)CC2)cc1. The molecule has 0 bridgehead atoms. The summed E-state index contributed by atoms with van der Waals surface area (Å²) in [6.07, 6.45) is 2.08. The zero-order chi connectivity index (χ0) is 13.7. The van der Waals surface area contributed by atoms with Crippen LogP contribution < -0.4 is 4.74 Å². The number of β-amino-alcohol motifs (C(OH)–C–C–N with tert-alkyl or cyclic N) is 1. The number of nitrogens with zero attached hydrogens (tertiary/aromatic N) is 1. The van der Waals surface area contributed by atoms with Crippen molar-refractivity contribution in [3.8, 4) is 5.75 Å². The first-order valence-electron chi connectivity index (χ1n) is 7.23. The van der Waals surface area contributed by atoms with E-state index in [9.17, 15) is 5.11 Å². The van der Waals surface area contributed by atoms with Gasteiger partial charge in [0.2, 0.25) is 0 Å². The van der Waals surface area contributed by atoms with Gasteiger partial charge >= 0.3 is 0 Å². The predicted octanol–water partition coefficient (Wildman–Crippen LogP) is 2.47. The molecule has 0 aromatic heterocycles. The van der Waals surface area contributed by atoms with Gasteiger partial charge in [-0.25, -0.2) is 0 Å². The van der Waals surface area contributed by atoms with E-state index in [1.807, 2.05) is 24.3 Å². The Morgan fingerprint density at radius 3 is 2.53 bits per heavy atom. The number of aliphatic hydroxyl groups excluding tert-OH is 1. The molecule has 1 aliphatic rings. The first kappa shape index (κ1) is 14.4. The number of aliphatic hydroxyl groups is 1. The lowest BCUT2D eigenvalue weighted by Crippen LogP contribution is -2.40. The molecule has 1 atom stereocenters. The molecule has 1 N–H and O–H groups in total. The Morgan fingerprint density at radius 2 is 1.89 bits per heavy atom. The lowest BCUT2D eigenvalue weighted by Gasteiger charge is -2.31. The van der Waals surface area contributed by atoms with E-state index >= 15 is 0 Å². The lowest BCUT2D eigenvalue weighted by molar-refractivity contribution is 0.0563. The molecule has 106 valence electrons. The summed E-state index contributed by atoms with van der Waals surface area (Å²) in [4.78, 5) is 2.34. The molecule has 0 spiro atoms. The second-order valence-electron chi connectivity index (χ2n) is 5.76. The Morgan fingerprint density at radius 1 is 1.26 bits per heavy atom. The molecule has 3 nitrogen and oxygen atoms in total. The van der Waals surface area contributed by atoms with Crippen LogP contribution in [0.4, 0.5) is 0 Å². The van der Waals surface area contributed by atoms with E-state index in [-0.39, 0.29) is 0 Å². The van der Waals surface area contributed by atoms with E-state index in [0.29, 0.717) is 6.61 Å². The topological polar surface area (TPSA) is 32.7 Å². The molecule has 1 aromatic carbocycles. The van der Waals surface area contributed by atoms with E-state index in [0.717, 1.165) is 31.3 Å². The van der Waals surface area contributed by atoms with E-state index in [2.05, 4.69) is 18.7 Å². The number of ether oxygens (including phenoxy) is 1. The molecule has 0 saturated carbocycles. The minimum Gasteiger partial charge on any atom is -0.491 e. The van der Waals surface area contributed by atoms with Crippen molar-refractivity contribution in [2.75, 3.05) is 26.2 Å². The van der Waals surface area contributed by atoms with Crippen molar-refractivity contribution in [3.63, 3.8) is 0 Å². The van der Waals surface area contributed by atoms with Crippen molar-refractivity contribution >= 4 is 0 Å². The van der Waals surface area contributed by atoms with Gasteiger partial charge in [0, 0.05) is 6.54 Å². The normalized spacial score (nSPS) is 19.3. The Bertz CT molecular complexity index is 369. The van der Waals surface area contributed by atoms with Gasteiger partial charge in [0.15, 0.2) is 0 Å². The van der Waals surface area contributed by atoms with E-state index < -0.39 is 6.10 Å². The van der Waals surface area contributed by atoms with Gasteiger partial charge < -0.3 is 14.7 Å². The third-order valence-electron chi connectivity index (χ3n) is 3.81. The van der Waals surface area contributed by atoms with Gasteiger partial charge in [-0.05, 0) is 50.9 Å². The summed E-state index contributed by atoms with van der Waals surface area (Å²) in [5.41, 5.74) is 1.22. The standard InChI is InChI=1S/C16H25NO2/c1-13-3-5-16(6-4-13)19-12-15(18)11-17-9-7-14(2)8-10-17/h3-6,14-15,18H,7-12H2,1-2H3/t15-/m0/s1. The molecule has 3 heteroatoms. The lowest BCUT2D eigenvalue weighted by atomic mass is 9.99. The molecule has 1 aliphatic heterocycles. The Labute approximate surface area is 116 Å². The number of piperidine rings is 1. The molecule has 0 amide bonds. The molecule has 0 aliphatic carbocycles. The Balaban J connectivity index is 1.69. The van der Waals surface area contributed by atoms with Crippen molar-refractivity contribution in [1.29, 1.82) is 0 Å². The predicted molar refractivity (Wildman–Crippen MR) is 77.5 cm³/mol. The maximum Gasteiger partial charge on any atom is 0.119 e. The van der Waals surface area contributed by atoms with Crippen LogP contribution in [0, 0.1) is 12.8 Å².